The Morgan fingerprint density at radius 2 is 2.07 bits per heavy atom. The summed E-state index contributed by atoms with van der Waals surface area (Å²) in [6.07, 6.45) is 3.83. The molecule has 1 unspecified atom stereocenters. The third-order valence-electron chi connectivity index (χ3n) is 1.75. The molecule has 3 heteroatoms. The third-order valence-corrected chi connectivity index (χ3v) is 1.75. The minimum absolute atomic E-state index is 0.0484. The number of primary amides is 1. The first-order valence-electron chi connectivity index (χ1n) is 4.47. The predicted molar refractivity (Wildman–Crippen MR) is 57.7 cm³/mol. The summed E-state index contributed by atoms with van der Waals surface area (Å²) in [5, 5.41) is 2.57. The highest BCUT2D eigenvalue weighted by molar-refractivity contribution is 5.72. The van der Waals surface area contributed by atoms with Gasteiger partial charge in [0.2, 0.25) is 0 Å². The second kappa shape index (κ2) is 5.07. The lowest BCUT2D eigenvalue weighted by Crippen LogP contribution is -2.35. The summed E-state index contributed by atoms with van der Waals surface area (Å²) in [6.45, 7) is 1.87. The van der Waals surface area contributed by atoms with Crippen molar-refractivity contribution in [1.29, 1.82) is 0 Å². The quantitative estimate of drug-likeness (QED) is 0.749. The molecule has 0 aliphatic heterocycles. The molecule has 0 saturated carbocycles. The van der Waals surface area contributed by atoms with Crippen LogP contribution in [0, 0.1) is 0 Å². The van der Waals surface area contributed by atoms with Crippen molar-refractivity contribution >= 4 is 12.1 Å². The molecule has 1 aromatic carbocycles. The Hall–Kier alpha value is -1.77. The molecule has 3 N–H and O–H groups in total. The maximum Gasteiger partial charge on any atom is 0.312 e. The fourth-order valence-corrected chi connectivity index (χ4v) is 1.09. The molecule has 1 atom stereocenters. The molecule has 0 aromatic heterocycles. The van der Waals surface area contributed by atoms with Crippen LogP contribution in [0.4, 0.5) is 4.79 Å². The third kappa shape index (κ3) is 3.76. The Morgan fingerprint density at radius 1 is 1.43 bits per heavy atom. The van der Waals surface area contributed by atoms with E-state index in [0.717, 1.165) is 5.56 Å². The van der Waals surface area contributed by atoms with Gasteiger partial charge in [0, 0.05) is 6.04 Å². The van der Waals surface area contributed by atoms with Crippen LogP contribution in [0.2, 0.25) is 0 Å². The fourth-order valence-electron chi connectivity index (χ4n) is 1.09. The Kier molecular flexibility index (Phi) is 3.73. The van der Waals surface area contributed by atoms with E-state index in [1.165, 1.54) is 0 Å². The van der Waals surface area contributed by atoms with Gasteiger partial charge in [-0.3, -0.25) is 0 Å². The number of amides is 2. The van der Waals surface area contributed by atoms with Gasteiger partial charge in [0.15, 0.2) is 0 Å². The minimum Gasteiger partial charge on any atom is -0.352 e. The number of carbonyl (C=O) groups excluding carboxylic acids is 1. The van der Waals surface area contributed by atoms with Gasteiger partial charge in [-0.1, -0.05) is 42.5 Å². The van der Waals surface area contributed by atoms with Crippen molar-refractivity contribution in [3.63, 3.8) is 0 Å². The van der Waals surface area contributed by atoms with Gasteiger partial charge in [-0.05, 0) is 12.5 Å². The highest BCUT2D eigenvalue weighted by Gasteiger charge is 1.97. The van der Waals surface area contributed by atoms with Gasteiger partial charge < -0.3 is 11.1 Å². The van der Waals surface area contributed by atoms with E-state index in [0.29, 0.717) is 0 Å². The molecule has 14 heavy (non-hydrogen) atoms. The van der Waals surface area contributed by atoms with E-state index in [4.69, 9.17) is 5.73 Å². The first-order chi connectivity index (χ1) is 6.68. The largest absolute Gasteiger partial charge is 0.352 e. The number of hydrogen-bond acceptors (Lipinski definition) is 1. The second-order valence-electron chi connectivity index (χ2n) is 3.07. The lowest BCUT2D eigenvalue weighted by atomic mass is 10.2. The fraction of sp³-hybridized carbons (Fsp3) is 0.182. The van der Waals surface area contributed by atoms with E-state index >= 15 is 0 Å². The number of carbonyl (C=O) groups is 1. The summed E-state index contributed by atoms with van der Waals surface area (Å²) in [6, 6.07) is 9.32. The van der Waals surface area contributed by atoms with Crippen molar-refractivity contribution in [2.45, 2.75) is 13.0 Å². The summed E-state index contributed by atoms with van der Waals surface area (Å²) < 4.78 is 0. The molecule has 0 saturated heterocycles. The predicted octanol–water partition coefficient (Wildman–Crippen LogP) is 1.76. The SMILES string of the molecule is CC(C=Cc1ccccc1)NC(N)=O. The van der Waals surface area contributed by atoms with Gasteiger partial charge in [-0.2, -0.15) is 0 Å². The van der Waals surface area contributed by atoms with Gasteiger partial charge in [-0.15, -0.1) is 0 Å². The van der Waals surface area contributed by atoms with Gasteiger partial charge in [0.1, 0.15) is 0 Å². The topological polar surface area (TPSA) is 55.1 Å². The average molecular weight is 190 g/mol. The molecule has 0 aliphatic rings. The first-order valence-corrected chi connectivity index (χ1v) is 4.47. The van der Waals surface area contributed by atoms with Gasteiger partial charge in [-0.25, -0.2) is 4.79 Å². The average Bonchev–Trinajstić information content (AvgIpc) is 2.15. The van der Waals surface area contributed by atoms with Crippen molar-refractivity contribution in [3.05, 3.63) is 42.0 Å². The van der Waals surface area contributed by atoms with Crippen LogP contribution in [-0.4, -0.2) is 12.1 Å². The molecular formula is C11H14N2O. The number of benzene rings is 1. The lowest BCUT2D eigenvalue weighted by Gasteiger charge is -2.05. The van der Waals surface area contributed by atoms with Crippen LogP contribution < -0.4 is 11.1 Å². The molecule has 0 fully saturated rings. The van der Waals surface area contributed by atoms with Gasteiger partial charge in [0.25, 0.3) is 0 Å². The second-order valence-corrected chi connectivity index (χ2v) is 3.07. The van der Waals surface area contributed by atoms with E-state index in [2.05, 4.69) is 5.32 Å². The number of rotatable bonds is 3. The van der Waals surface area contributed by atoms with Crippen LogP contribution in [-0.2, 0) is 0 Å². The maximum atomic E-state index is 10.5. The molecule has 1 aromatic rings. The highest BCUT2D eigenvalue weighted by Crippen LogP contribution is 2.01. The Bertz CT molecular complexity index is 319. The number of nitrogens with two attached hydrogens (primary N) is 1. The van der Waals surface area contributed by atoms with Crippen LogP contribution >= 0.6 is 0 Å². The summed E-state index contributed by atoms with van der Waals surface area (Å²) in [7, 11) is 0. The zero-order chi connectivity index (χ0) is 10.4. The molecule has 2 amide bonds. The summed E-state index contributed by atoms with van der Waals surface area (Å²) >= 11 is 0. The first kappa shape index (κ1) is 10.3. The Morgan fingerprint density at radius 3 is 2.64 bits per heavy atom. The highest BCUT2D eigenvalue weighted by atomic mass is 16.2. The van der Waals surface area contributed by atoms with Gasteiger partial charge >= 0.3 is 6.03 Å². The number of nitrogens with one attached hydrogen (secondary N) is 1. The van der Waals surface area contributed by atoms with Crippen LogP contribution in [0.25, 0.3) is 6.08 Å². The zero-order valence-corrected chi connectivity index (χ0v) is 8.10. The van der Waals surface area contributed by atoms with E-state index < -0.39 is 6.03 Å². The van der Waals surface area contributed by atoms with E-state index in [1.807, 2.05) is 49.4 Å². The maximum absolute atomic E-state index is 10.5. The number of hydrogen-bond donors (Lipinski definition) is 2. The smallest absolute Gasteiger partial charge is 0.312 e. The van der Waals surface area contributed by atoms with E-state index in [9.17, 15) is 4.79 Å². The molecule has 0 heterocycles. The van der Waals surface area contributed by atoms with Crippen molar-refractivity contribution in [3.8, 4) is 0 Å². The van der Waals surface area contributed by atoms with Gasteiger partial charge in [0.05, 0.1) is 0 Å². The molecule has 0 aliphatic carbocycles. The molecule has 74 valence electrons. The molecule has 3 nitrogen and oxygen atoms in total. The van der Waals surface area contributed by atoms with Crippen LogP contribution in [0.1, 0.15) is 12.5 Å². The Labute approximate surface area is 83.6 Å². The normalized spacial score (nSPS) is 12.6. The van der Waals surface area contributed by atoms with Crippen molar-refractivity contribution in [2.75, 3.05) is 0 Å². The summed E-state index contributed by atoms with van der Waals surface area (Å²) in [5.41, 5.74) is 6.08. The molecular weight excluding hydrogens is 176 g/mol. The van der Waals surface area contributed by atoms with Crippen molar-refractivity contribution in [1.82, 2.24) is 5.32 Å². The monoisotopic (exact) mass is 190 g/mol. The number of urea groups is 1. The summed E-state index contributed by atoms with van der Waals surface area (Å²) in [5.74, 6) is 0. The van der Waals surface area contributed by atoms with Crippen LogP contribution in [0.5, 0.6) is 0 Å². The van der Waals surface area contributed by atoms with Crippen molar-refractivity contribution in [2.24, 2.45) is 5.73 Å². The summed E-state index contributed by atoms with van der Waals surface area (Å²) in [4.78, 5) is 10.5. The van der Waals surface area contributed by atoms with Crippen LogP contribution in [0.15, 0.2) is 36.4 Å². The molecule has 1 rings (SSSR count). The zero-order valence-electron chi connectivity index (χ0n) is 8.10. The minimum atomic E-state index is -0.504. The standard InChI is InChI=1S/C11H14N2O/c1-9(13-11(12)14)7-8-10-5-3-2-4-6-10/h2-9H,1H3,(H3,12,13,14). The molecule has 0 bridgehead atoms. The molecule has 0 radical (unpaired) electrons. The van der Waals surface area contributed by atoms with E-state index in [1.54, 1.807) is 0 Å². The molecule has 0 spiro atoms. The lowest BCUT2D eigenvalue weighted by molar-refractivity contribution is 0.247. The van der Waals surface area contributed by atoms with E-state index in [-0.39, 0.29) is 6.04 Å². The Balaban J connectivity index is 2.52. The van der Waals surface area contributed by atoms with Crippen molar-refractivity contribution < 1.29 is 4.79 Å². The van der Waals surface area contributed by atoms with Crippen LogP contribution in [0.3, 0.4) is 0 Å².